The van der Waals surface area contributed by atoms with E-state index in [1.165, 1.54) is 11.3 Å². The Kier molecular flexibility index (Phi) is 4.41. The van der Waals surface area contributed by atoms with Crippen molar-refractivity contribution in [2.75, 3.05) is 12.4 Å². The second-order valence-corrected chi connectivity index (χ2v) is 6.63. The number of para-hydroxylation sites is 2. The molecule has 1 N–H and O–H groups in total. The molecule has 0 fully saturated rings. The second-order valence-electron chi connectivity index (χ2n) is 5.80. The fraction of sp³-hybridized carbons (Fsp3) is 0.100. The van der Waals surface area contributed by atoms with Gasteiger partial charge in [0.15, 0.2) is 4.96 Å². The smallest absolute Gasteiger partial charge is 0.230 e. The average Bonchev–Trinajstić information content (AvgIpc) is 3.25. The van der Waals surface area contributed by atoms with Gasteiger partial charge in [0.05, 0.1) is 24.9 Å². The maximum absolute atomic E-state index is 12.5. The van der Waals surface area contributed by atoms with Gasteiger partial charge in [0.25, 0.3) is 0 Å². The molecule has 5 nitrogen and oxygen atoms in total. The van der Waals surface area contributed by atoms with E-state index in [2.05, 4.69) is 10.3 Å². The highest BCUT2D eigenvalue weighted by Crippen LogP contribution is 2.25. The summed E-state index contributed by atoms with van der Waals surface area (Å²) in [5, 5.41) is 4.88. The van der Waals surface area contributed by atoms with Crippen LogP contribution in [0.5, 0.6) is 5.75 Å². The van der Waals surface area contributed by atoms with Crippen molar-refractivity contribution in [3.63, 3.8) is 0 Å². The molecule has 0 saturated heterocycles. The summed E-state index contributed by atoms with van der Waals surface area (Å²) >= 11 is 1.53. The number of fused-ring (bicyclic) bond motifs is 1. The molecule has 4 aromatic rings. The Hall–Kier alpha value is -3.12. The topological polar surface area (TPSA) is 55.6 Å². The number of amides is 1. The van der Waals surface area contributed by atoms with E-state index in [4.69, 9.17) is 4.74 Å². The van der Waals surface area contributed by atoms with Gasteiger partial charge in [-0.2, -0.15) is 0 Å². The second kappa shape index (κ2) is 7.01. The maximum atomic E-state index is 12.5. The number of nitrogens with one attached hydrogen (secondary N) is 1. The Morgan fingerprint density at radius 1 is 1.15 bits per heavy atom. The van der Waals surface area contributed by atoms with Crippen LogP contribution in [0.1, 0.15) is 5.69 Å². The summed E-state index contributed by atoms with van der Waals surface area (Å²) in [7, 11) is 1.59. The summed E-state index contributed by atoms with van der Waals surface area (Å²) in [6.07, 6.45) is 2.25. The Morgan fingerprint density at radius 3 is 2.73 bits per heavy atom. The first-order valence-corrected chi connectivity index (χ1v) is 9.06. The van der Waals surface area contributed by atoms with Gasteiger partial charge in [-0.05, 0) is 12.1 Å². The number of hydrogen-bond donors (Lipinski definition) is 1. The number of benzene rings is 2. The molecule has 6 heteroatoms. The third-order valence-corrected chi connectivity index (χ3v) is 4.96. The third-order valence-electron chi connectivity index (χ3n) is 4.08. The number of thiazole rings is 1. The molecule has 2 heterocycles. The van der Waals surface area contributed by atoms with E-state index >= 15 is 0 Å². The largest absolute Gasteiger partial charge is 0.495 e. The number of aromatic nitrogens is 2. The van der Waals surface area contributed by atoms with Crippen molar-refractivity contribution < 1.29 is 9.53 Å². The SMILES string of the molecule is COc1ccccc1NC(=O)Cc1csc2nc(-c3ccccc3)cn12. The molecule has 4 rings (SSSR count). The molecule has 1 amide bonds. The molecule has 0 unspecified atom stereocenters. The molecule has 0 aliphatic rings. The number of rotatable bonds is 5. The fourth-order valence-corrected chi connectivity index (χ4v) is 3.68. The Balaban J connectivity index is 1.55. The highest BCUT2D eigenvalue weighted by atomic mass is 32.1. The van der Waals surface area contributed by atoms with Gasteiger partial charge in [-0.1, -0.05) is 42.5 Å². The highest BCUT2D eigenvalue weighted by Gasteiger charge is 2.13. The first kappa shape index (κ1) is 16.4. The zero-order valence-corrected chi connectivity index (χ0v) is 15.0. The molecule has 2 aromatic carbocycles. The zero-order valence-electron chi connectivity index (χ0n) is 14.2. The van der Waals surface area contributed by atoms with Crippen LogP contribution in [0.25, 0.3) is 16.2 Å². The van der Waals surface area contributed by atoms with E-state index in [-0.39, 0.29) is 12.3 Å². The molecule has 130 valence electrons. The van der Waals surface area contributed by atoms with Crippen LogP contribution in [0.15, 0.2) is 66.2 Å². The molecule has 0 saturated carbocycles. The minimum Gasteiger partial charge on any atom is -0.495 e. The minimum absolute atomic E-state index is 0.0934. The first-order valence-electron chi connectivity index (χ1n) is 8.18. The quantitative estimate of drug-likeness (QED) is 0.577. The summed E-state index contributed by atoms with van der Waals surface area (Å²) in [6.45, 7) is 0. The van der Waals surface area contributed by atoms with Gasteiger partial charge in [0.2, 0.25) is 5.91 Å². The van der Waals surface area contributed by atoms with Gasteiger partial charge in [0, 0.05) is 22.8 Å². The van der Waals surface area contributed by atoms with Crippen LogP contribution in [0.2, 0.25) is 0 Å². The molecule has 26 heavy (non-hydrogen) atoms. The normalized spacial score (nSPS) is 10.8. The zero-order chi connectivity index (χ0) is 17.9. The van der Waals surface area contributed by atoms with Crippen LogP contribution in [0, 0.1) is 0 Å². The van der Waals surface area contributed by atoms with Crippen LogP contribution in [0.4, 0.5) is 5.69 Å². The molecule has 2 aromatic heterocycles. The molecule has 0 aliphatic heterocycles. The monoisotopic (exact) mass is 363 g/mol. The lowest BCUT2D eigenvalue weighted by Gasteiger charge is -2.09. The Bertz CT molecular complexity index is 1050. The number of carbonyl (C=O) groups excluding carboxylic acids is 1. The van der Waals surface area contributed by atoms with E-state index in [0.29, 0.717) is 11.4 Å². The number of hydrogen-bond acceptors (Lipinski definition) is 4. The molecule has 0 bridgehead atoms. The minimum atomic E-state index is -0.0934. The van der Waals surface area contributed by atoms with E-state index in [1.54, 1.807) is 7.11 Å². The van der Waals surface area contributed by atoms with Crippen molar-refractivity contribution in [2.24, 2.45) is 0 Å². The highest BCUT2D eigenvalue weighted by molar-refractivity contribution is 7.15. The number of nitrogens with zero attached hydrogens (tertiary/aromatic N) is 2. The Morgan fingerprint density at radius 2 is 1.92 bits per heavy atom. The predicted octanol–water partition coefficient (Wildman–Crippen LogP) is 4.25. The lowest BCUT2D eigenvalue weighted by atomic mass is 10.2. The van der Waals surface area contributed by atoms with Crippen molar-refractivity contribution in [2.45, 2.75) is 6.42 Å². The van der Waals surface area contributed by atoms with Gasteiger partial charge >= 0.3 is 0 Å². The summed E-state index contributed by atoms with van der Waals surface area (Å²) in [5.74, 6) is 0.550. The lowest BCUT2D eigenvalue weighted by Crippen LogP contribution is -2.15. The van der Waals surface area contributed by atoms with E-state index in [1.807, 2.05) is 70.6 Å². The standard InChI is InChI=1S/C20H17N3O2S/c1-25-18-10-6-5-9-16(18)21-19(24)11-15-13-26-20-22-17(12-23(15)20)14-7-3-2-4-8-14/h2-10,12-13H,11H2,1H3,(H,21,24). The van der Waals surface area contributed by atoms with Crippen molar-refractivity contribution >= 4 is 27.9 Å². The molecular weight excluding hydrogens is 346 g/mol. The average molecular weight is 363 g/mol. The lowest BCUT2D eigenvalue weighted by molar-refractivity contribution is -0.115. The van der Waals surface area contributed by atoms with E-state index in [9.17, 15) is 4.79 Å². The number of anilines is 1. The van der Waals surface area contributed by atoms with Gasteiger partial charge in [0.1, 0.15) is 5.75 Å². The van der Waals surface area contributed by atoms with Gasteiger partial charge in [-0.15, -0.1) is 11.3 Å². The molecule has 0 radical (unpaired) electrons. The van der Waals surface area contributed by atoms with Crippen molar-refractivity contribution in [3.8, 4) is 17.0 Å². The summed E-state index contributed by atoms with van der Waals surface area (Å²) in [6, 6.07) is 17.4. The summed E-state index contributed by atoms with van der Waals surface area (Å²) < 4.78 is 7.26. The summed E-state index contributed by atoms with van der Waals surface area (Å²) in [5.41, 5.74) is 3.55. The molecule has 0 aliphatic carbocycles. The van der Waals surface area contributed by atoms with Gasteiger partial charge in [-0.25, -0.2) is 4.98 Å². The van der Waals surface area contributed by atoms with E-state index < -0.39 is 0 Å². The van der Waals surface area contributed by atoms with E-state index in [0.717, 1.165) is 21.9 Å². The van der Waals surface area contributed by atoms with Crippen LogP contribution in [-0.4, -0.2) is 22.4 Å². The number of ether oxygens (including phenoxy) is 1. The predicted molar refractivity (Wildman–Crippen MR) is 104 cm³/mol. The number of imidazole rings is 1. The van der Waals surface area contributed by atoms with Gasteiger partial charge in [-0.3, -0.25) is 9.20 Å². The van der Waals surface area contributed by atoms with Crippen LogP contribution in [0.3, 0.4) is 0 Å². The van der Waals surface area contributed by atoms with Crippen molar-refractivity contribution in [1.29, 1.82) is 0 Å². The van der Waals surface area contributed by atoms with Gasteiger partial charge < -0.3 is 10.1 Å². The molecule has 0 spiro atoms. The number of carbonyl (C=O) groups is 1. The van der Waals surface area contributed by atoms with Crippen molar-refractivity contribution in [3.05, 3.63) is 71.9 Å². The maximum Gasteiger partial charge on any atom is 0.230 e. The Labute approximate surface area is 154 Å². The van der Waals surface area contributed by atoms with Crippen LogP contribution >= 0.6 is 11.3 Å². The van der Waals surface area contributed by atoms with Crippen LogP contribution < -0.4 is 10.1 Å². The van der Waals surface area contributed by atoms with Crippen molar-refractivity contribution in [1.82, 2.24) is 9.38 Å². The summed E-state index contributed by atoms with van der Waals surface area (Å²) in [4.78, 5) is 18.0. The molecular formula is C20H17N3O2S. The fourth-order valence-electron chi connectivity index (χ4n) is 2.81. The number of methoxy groups -OCH3 is 1. The third kappa shape index (κ3) is 3.19. The molecule has 0 atom stereocenters. The first-order chi connectivity index (χ1) is 12.7. The van der Waals surface area contributed by atoms with Crippen LogP contribution in [-0.2, 0) is 11.2 Å².